The van der Waals surface area contributed by atoms with Gasteiger partial charge >= 0.3 is 0 Å². The summed E-state index contributed by atoms with van der Waals surface area (Å²) in [6.07, 6.45) is 6.85. The van der Waals surface area contributed by atoms with Gasteiger partial charge in [-0.05, 0) is 49.8 Å². The van der Waals surface area contributed by atoms with Gasteiger partial charge in [0.25, 0.3) is 0 Å². The van der Waals surface area contributed by atoms with Crippen LogP contribution >= 0.6 is 0 Å². The highest BCUT2D eigenvalue weighted by molar-refractivity contribution is 7.89. The summed E-state index contributed by atoms with van der Waals surface area (Å²) in [4.78, 5) is 4.30. The summed E-state index contributed by atoms with van der Waals surface area (Å²) < 4.78 is 27.4. The van der Waals surface area contributed by atoms with Crippen LogP contribution in [0.1, 0.15) is 56.3 Å². The van der Waals surface area contributed by atoms with E-state index < -0.39 is 10.0 Å². The van der Waals surface area contributed by atoms with Gasteiger partial charge in [-0.1, -0.05) is 19.8 Å². The predicted molar refractivity (Wildman–Crippen MR) is 80.9 cm³/mol. The Balaban J connectivity index is 2.05. The van der Waals surface area contributed by atoms with Crippen LogP contribution in [0.5, 0.6) is 0 Å². The Labute approximate surface area is 122 Å². The fourth-order valence-corrected chi connectivity index (χ4v) is 4.63. The van der Waals surface area contributed by atoms with Crippen LogP contribution < -0.4 is 4.72 Å². The van der Waals surface area contributed by atoms with E-state index in [9.17, 15) is 8.42 Å². The lowest BCUT2D eigenvalue weighted by Crippen LogP contribution is -2.33. The third-order valence-electron chi connectivity index (χ3n) is 3.95. The maximum Gasteiger partial charge on any atom is 0.212 e. The van der Waals surface area contributed by atoms with Gasteiger partial charge in [-0.2, -0.15) is 0 Å². The molecule has 1 fully saturated rings. The average Bonchev–Trinajstić information content (AvgIpc) is 2.88. The third kappa shape index (κ3) is 4.28. The molecule has 20 heavy (non-hydrogen) atoms. The van der Waals surface area contributed by atoms with Gasteiger partial charge in [0.15, 0.2) is 0 Å². The first-order valence-electron chi connectivity index (χ1n) is 7.42. The first kappa shape index (κ1) is 15.4. The van der Waals surface area contributed by atoms with E-state index >= 15 is 0 Å². The minimum atomic E-state index is -3.23. The van der Waals surface area contributed by atoms with Gasteiger partial charge in [-0.15, -0.1) is 0 Å². The second-order valence-corrected chi connectivity index (χ2v) is 7.57. The van der Waals surface area contributed by atoms with E-state index in [4.69, 9.17) is 0 Å². The van der Waals surface area contributed by atoms with Gasteiger partial charge < -0.3 is 0 Å². The zero-order chi connectivity index (χ0) is 14.6. The molecular formula is C15H24N2O2S. The topological polar surface area (TPSA) is 59.1 Å². The summed E-state index contributed by atoms with van der Waals surface area (Å²) in [6.45, 7) is 3.97. The van der Waals surface area contributed by atoms with E-state index in [1.165, 1.54) is 0 Å². The molecule has 0 unspecified atom stereocenters. The van der Waals surface area contributed by atoms with Crippen molar-refractivity contribution in [3.63, 3.8) is 0 Å². The molecule has 0 aliphatic heterocycles. The lowest BCUT2D eigenvalue weighted by atomic mass is 10.1. The summed E-state index contributed by atoms with van der Waals surface area (Å²) in [6, 6.07) is 3.65. The molecule has 1 aliphatic carbocycles. The quantitative estimate of drug-likeness (QED) is 0.878. The van der Waals surface area contributed by atoms with Crippen LogP contribution in [-0.2, 0) is 10.0 Å². The summed E-state index contributed by atoms with van der Waals surface area (Å²) >= 11 is 0. The van der Waals surface area contributed by atoms with Crippen molar-refractivity contribution in [1.82, 2.24) is 9.71 Å². The Hall–Kier alpha value is -0.940. The van der Waals surface area contributed by atoms with Crippen molar-refractivity contribution in [3.05, 3.63) is 29.6 Å². The number of sulfonamides is 1. The highest BCUT2D eigenvalue weighted by Crippen LogP contribution is 2.26. The Bertz CT molecular complexity index is 537. The Morgan fingerprint density at radius 1 is 1.40 bits per heavy atom. The molecule has 0 amide bonds. The standard InChI is InChI=1S/C15H24N2O2S/c1-3-14(15-10-12(2)8-9-16-15)17-20(18,19)11-13-6-4-5-7-13/h8-10,13-14,17H,3-7,11H2,1-2H3/t14-/m0/s1. The molecule has 1 saturated carbocycles. The van der Waals surface area contributed by atoms with Crippen LogP contribution in [0.25, 0.3) is 0 Å². The molecule has 1 aromatic rings. The van der Waals surface area contributed by atoms with Crippen molar-refractivity contribution >= 4 is 10.0 Å². The molecule has 2 rings (SSSR count). The molecule has 1 atom stereocenters. The van der Waals surface area contributed by atoms with Gasteiger partial charge in [0.05, 0.1) is 17.5 Å². The maximum atomic E-state index is 12.3. The van der Waals surface area contributed by atoms with Gasteiger partial charge in [-0.3, -0.25) is 4.98 Å². The highest BCUT2D eigenvalue weighted by Gasteiger charge is 2.25. The number of hydrogen-bond donors (Lipinski definition) is 1. The minimum Gasteiger partial charge on any atom is -0.260 e. The Morgan fingerprint density at radius 2 is 2.10 bits per heavy atom. The van der Waals surface area contributed by atoms with Crippen molar-refractivity contribution in [3.8, 4) is 0 Å². The van der Waals surface area contributed by atoms with Crippen molar-refractivity contribution < 1.29 is 8.42 Å². The smallest absolute Gasteiger partial charge is 0.212 e. The number of rotatable bonds is 6. The minimum absolute atomic E-state index is 0.221. The fraction of sp³-hybridized carbons (Fsp3) is 0.667. The molecule has 1 aliphatic rings. The van der Waals surface area contributed by atoms with E-state index in [-0.39, 0.29) is 11.8 Å². The number of hydrogen-bond acceptors (Lipinski definition) is 3. The largest absolute Gasteiger partial charge is 0.260 e. The molecule has 0 radical (unpaired) electrons. The molecule has 4 nitrogen and oxygen atoms in total. The van der Waals surface area contributed by atoms with Crippen molar-refractivity contribution in [2.75, 3.05) is 5.75 Å². The summed E-state index contributed by atoms with van der Waals surface area (Å²) in [5.74, 6) is 0.588. The lowest BCUT2D eigenvalue weighted by molar-refractivity contribution is 0.522. The lowest BCUT2D eigenvalue weighted by Gasteiger charge is -2.18. The third-order valence-corrected chi connectivity index (χ3v) is 5.51. The number of nitrogens with one attached hydrogen (secondary N) is 1. The molecule has 0 spiro atoms. The van der Waals surface area contributed by atoms with E-state index in [1.54, 1.807) is 6.20 Å². The van der Waals surface area contributed by atoms with E-state index in [2.05, 4.69) is 9.71 Å². The zero-order valence-corrected chi connectivity index (χ0v) is 13.1. The van der Waals surface area contributed by atoms with Gasteiger partial charge in [0.2, 0.25) is 10.0 Å². The monoisotopic (exact) mass is 296 g/mol. The van der Waals surface area contributed by atoms with E-state index in [0.29, 0.717) is 12.3 Å². The van der Waals surface area contributed by atoms with Crippen LogP contribution in [0.4, 0.5) is 0 Å². The maximum absolute atomic E-state index is 12.3. The van der Waals surface area contributed by atoms with Crippen molar-refractivity contribution in [1.29, 1.82) is 0 Å². The molecule has 112 valence electrons. The highest BCUT2D eigenvalue weighted by atomic mass is 32.2. The molecule has 0 bridgehead atoms. The van der Waals surface area contributed by atoms with Gasteiger partial charge in [0, 0.05) is 6.20 Å². The number of nitrogens with zero attached hydrogens (tertiary/aromatic N) is 1. The molecule has 0 saturated heterocycles. The van der Waals surface area contributed by atoms with Crippen LogP contribution in [0.3, 0.4) is 0 Å². The first-order chi connectivity index (χ1) is 9.50. The number of pyridine rings is 1. The number of aromatic nitrogens is 1. The molecule has 5 heteroatoms. The Kier molecular flexibility index (Phi) is 5.16. The molecule has 0 aromatic carbocycles. The molecule has 1 heterocycles. The van der Waals surface area contributed by atoms with E-state index in [1.807, 2.05) is 26.0 Å². The van der Waals surface area contributed by atoms with Crippen LogP contribution in [-0.4, -0.2) is 19.2 Å². The van der Waals surface area contributed by atoms with Crippen molar-refractivity contribution in [2.45, 2.75) is 52.0 Å². The number of aryl methyl sites for hydroxylation is 1. The van der Waals surface area contributed by atoms with Gasteiger partial charge in [0.1, 0.15) is 0 Å². The predicted octanol–water partition coefficient (Wildman–Crippen LogP) is 2.95. The summed E-state index contributed by atoms with van der Waals surface area (Å²) in [5.41, 5.74) is 1.91. The molecular weight excluding hydrogens is 272 g/mol. The second kappa shape index (κ2) is 6.68. The molecule has 1 aromatic heterocycles. The summed E-state index contributed by atoms with van der Waals surface area (Å²) in [5, 5.41) is 0. The van der Waals surface area contributed by atoms with E-state index in [0.717, 1.165) is 36.9 Å². The first-order valence-corrected chi connectivity index (χ1v) is 9.08. The van der Waals surface area contributed by atoms with Crippen molar-refractivity contribution in [2.24, 2.45) is 5.92 Å². The summed E-state index contributed by atoms with van der Waals surface area (Å²) in [7, 11) is -3.23. The fourth-order valence-electron chi connectivity index (χ4n) is 2.86. The van der Waals surface area contributed by atoms with Crippen LogP contribution in [0, 0.1) is 12.8 Å². The van der Waals surface area contributed by atoms with Crippen LogP contribution in [0.2, 0.25) is 0 Å². The zero-order valence-electron chi connectivity index (χ0n) is 12.3. The van der Waals surface area contributed by atoms with Gasteiger partial charge in [-0.25, -0.2) is 13.1 Å². The van der Waals surface area contributed by atoms with Crippen LogP contribution in [0.15, 0.2) is 18.3 Å². The average molecular weight is 296 g/mol. The SMILES string of the molecule is CC[C@H](NS(=O)(=O)CC1CCCC1)c1cc(C)ccn1. The Morgan fingerprint density at radius 3 is 2.70 bits per heavy atom. The second-order valence-electron chi connectivity index (χ2n) is 5.77. The molecule has 1 N–H and O–H groups in total. The normalized spacial score (nSPS) is 18.3.